The average Bonchev–Trinajstić information content (AvgIpc) is 1.83. The second-order valence-electron chi connectivity index (χ2n) is 2.10. The van der Waals surface area contributed by atoms with E-state index in [9.17, 15) is 0 Å². The summed E-state index contributed by atoms with van der Waals surface area (Å²) < 4.78 is 0. The summed E-state index contributed by atoms with van der Waals surface area (Å²) in [7, 11) is 0. The Hall–Kier alpha value is -0.700. The molecule has 0 aromatic rings. The van der Waals surface area contributed by atoms with Gasteiger partial charge in [0.25, 0.3) is 0 Å². The summed E-state index contributed by atoms with van der Waals surface area (Å²) in [5.74, 6) is 0.454. The van der Waals surface area contributed by atoms with Crippen LogP contribution in [0.15, 0.2) is 12.4 Å². The Labute approximate surface area is 56.3 Å². The monoisotopic (exact) mass is 129 g/mol. The molecule has 0 saturated heterocycles. The van der Waals surface area contributed by atoms with E-state index in [4.69, 9.17) is 5.73 Å². The topological polar surface area (TPSA) is 50.1 Å². The normalized spacial score (nSPS) is 12.7. The summed E-state index contributed by atoms with van der Waals surface area (Å²) in [6.07, 6.45) is 1.07. The predicted molar refractivity (Wildman–Crippen MR) is 39.4 cm³/mol. The predicted octanol–water partition coefficient (Wildman–Crippen LogP) is 0.309. The smallest absolute Gasteiger partial charge is 0.103 e. The lowest BCUT2D eigenvalue weighted by Gasteiger charge is -2.12. The molecule has 0 aliphatic rings. The molecule has 0 aliphatic heterocycles. The lowest BCUT2D eigenvalue weighted by molar-refractivity contribution is 0.479. The number of hydrazine groups is 1. The Kier molecular flexibility index (Phi) is 3.88. The Morgan fingerprint density at radius 2 is 2.33 bits per heavy atom. The van der Waals surface area contributed by atoms with Gasteiger partial charge in [0, 0.05) is 6.04 Å². The molecule has 0 aliphatic carbocycles. The molecule has 0 rings (SSSR count). The van der Waals surface area contributed by atoms with Crippen LogP contribution in [0.3, 0.4) is 0 Å². The van der Waals surface area contributed by atoms with Crippen molar-refractivity contribution in [3.63, 3.8) is 0 Å². The second-order valence-corrected chi connectivity index (χ2v) is 2.10. The zero-order valence-electron chi connectivity index (χ0n) is 6.07. The molecule has 9 heavy (non-hydrogen) atoms. The molecule has 4 N–H and O–H groups in total. The largest absolute Gasteiger partial charge is 0.385 e. The van der Waals surface area contributed by atoms with Crippen molar-refractivity contribution in [2.45, 2.75) is 26.3 Å². The van der Waals surface area contributed by atoms with Crippen LogP contribution < -0.4 is 16.6 Å². The van der Waals surface area contributed by atoms with Crippen molar-refractivity contribution in [1.29, 1.82) is 0 Å². The molecule has 0 bridgehead atoms. The molecule has 0 saturated carbocycles. The van der Waals surface area contributed by atoms with Gasteiger partial charge in [-0.05, 0) is 13.3 Å². The van der Waals surface area contributed by atoms with E-state index < -0.39 is 0 Å². The van der Waals surface area contributed by atoms with Gasteiger partial charge in [0.05, 0.1) is 0 Å². The van der Waals surface area contributed by atoms with E-state index in [0.29, 0.717) is 11.9 Å². The molecule has 1 unspecified atom stereocenters. The number of rotatable bonds is 4. The van der Waals surface area contributed by atoms with Crippen LogP contribution in [-0.4, -0.2) is 6.04 Å². The average molecular weight is 129 g/mol. The van der Waals surface area contributed by atoms with Crippen LogP contribution in [0.5, 0.6) is 0 Å². The summed E-state index contributed by atoms with van der Waals surface area (Å²) >= 11 is 0. The van der Waals surface area contributed by atoms with Crippen LogP contribution in [0, 0.1) is 0 Å². The molecule has 0 fully saturated rings. The van der Waals surface area contributed by atoms with E-state index in [-0.39, 0.29) is 0 Å². The van der Waals surface area contributed by atoms with Crippen LogP contribution in [0.2, 0.25) is 0 Å². The Balaban J connectivity index is 3.16. The molecular formula is C6H15N3. The van der Waals surface area contributed by atoms with Crippen molar-refractivity contribution >= 4 is 0 Å². The second kappa shape index (κ2) is 4.21. The van der Waals surface area contributed by atoms with Gasteiger partial charge < -0.3 is 11.2 Å². The molecule has 0 radical (unpaired) electrons. The van der Waals surface area contributed by atoms with Crippen molar-refractivity contribution in [2.75, 3.05) is 0 Å². The first-order chi connectivity index (χ1) is 4.16. The molecule has 0 heterocycles. The number of hydrogen-bond donors (Lipinski definition) is 3. The molecular weight excluding hydrogens is 114 g/mol. The Bertz CT molecular complexity index is 90.3. The van der Waals surface area contributed by atoms with Gasteiger partial charge in [-0.2, -0.15) is 0 Å². The van der Waals surface area contributed by atoms with Crippen LogP contribution in [0.25, 0.3) is 0 Å². The van der Waals surface area contributed by atoms with Crippen LogP contribution >= 0.6 is 0 Å². The van der Waals surface area contributed by atoms with Crippen molar-refractivity contribution in [3.05, 3.63) is 12.4 Å². The highest BCUT2D eigenvalue weighted by atomic mass is 15.4. The minimum absolute atomic E-state index is 0.435. The van der Waals surface area contributed by atoms with Crippen LogP contribution in [0.1, 0.15) is 20.3 Å². The lowest BCUT2D eigenvalue weighted by atomic mass is 10.3. The molecule has 3 heteroatoms. The maximum Gasteiger partial charge on any atom is 0.103 e. The van der Waals surface area contributed by atoms with Gasteiger partial charge in [0.2, 0.25) is 0 Å². The third kappa shape index (κ3) is 5.17. The molecule has 0 spiro atoms. The molecule has 54 valence electrons. The minimum atomic E-state index is 0.435. The van der Waals surface area contributed by atoms with Crippen LogP contribution in [0.4, 0.5) is 0 Å². The first-order valence-electron chi connectivity index (χ1n) is 3.12. The van der Waals surface area contributed by atoms with Crippen molar-refractivity contribution in [2.24, 2.45) is 5.73 Å². The number of hydrogen-bond acceptors (Lipinski definition) is 3. The fourth-order valence-electron chi connectivity index (χ4n) is 0.318. The van der Waals surface area contributed by atoms with E-state index in [1.165, 1.54) is 0 Å². The molecule has 0 amide bonds. The third-order valence-corrected chi connectivity index (χ3v) is 1.09. The first-order valence-corrected chi connectivity index (χ1v) is 3.12. The number of nitrogens with one attached hydrogen (secondary N) is 2. The van der Waals surface area contributed by atoms with Gasteiger partial charge >= 0.3 is 0 Å². The lowest BCUT2D eigenvalue weighted by Crippen LogP contribution is -2.39. The SMILES string of the molecule is C=C(N)NNC(C)CC. The fourth-order valence-corrected chi connectivity index (χ4v) is 0.318. The Morgan fingerprint density at radius 3 is 2.67 bits per heavy atom. The van der Waals surface area contributed by atoms with Crippen molar-refractivity contribution in [3.8, 4) is 0 Å². The van der Waals surface area contributed by atoms with E-state index >= 15 is 0 Å². The maximum absolute atomic E-state index is 5.23. The standard InChI is InChI=1S/C6H15N3/c1-4-5(2)8-9-6(3)7/h5,8-9H,3-4,7H2,1-2H3. The number of nitrogens with two attached hydrogens (primary N) is 1. The van der Waals surface area contributed by atoms with E-state index in [2.05, 4.69) is 31.3 Å². The maximum atomic E-state index is 5.23. The van der Waals surface area contributed by atoms with Crippen molar-refractivity contribution in [1.82, 2.24) is 10.9 Å². The highest BCUT2D eigenvalue weighted by Gasteiger charge is 1.93. The highest BCUT2D eigenvalue weighted by Crippen LogP contribution is 1.83. The summed E-state index contributed by atoms with van der Waals surface area (Å²) in [5.41, 5.74) is 10.9. The van der Waals surface area contributed by atoms with E-state index in [0.717, 1.165) is 6.42 Å². The molecule has 0 aromatic heterocycles. The van der Waals surface area contributed by atoms with Gasteiger partial charge in [-0.15, -0.1) is 0 Å². The summed E-state index contributed by atoms with van der Waals surface area (Å²) in [4.78, 5) is 0. The van der Waals surface area contributed by atoms with Crippen molar-refractivity contribution < 1.29 is 0 Å². The molecule has 0 aromatic carbocycles. The molecule has 1 atom stereocenters. The van der Waals surface area contributed by atoms with Crippen LogP contribution in [-0.2, 0) is 0 Å². The quantitative estimate of drug-likeness (QED) is 0.479. The van der Waals surface area contributed by atoms with Gasteiger partial charge in [0.1, 0.15) is 5.82 Å². The van der Waals surface area contributed by atoms with E-state index in [1.807, 2.05) is 0 Å². The van der Waals surface area contributed by atoms with Gasteiger partial charge in [-0.3, -0.25) is 0 Å². The highest BCUT2D eigenvalue weighted by molar-refractivity contribution is 4.79. The zero-order chi connectivity index (χ0) is 7.28. The minimum Gasteiger partial charge on any atom is -0.385 e. The summed E-state index contributed by atoms with van der Waals surface area (Å²) in [5, 5.41) is 0. The molecule has 3 nitrogen and oxygen atoms in total. The Morgan fingerprint density at radius 1 is 1.78 bits per heavy atom. The third-order valence-electron chi connectivity index (χ3n) is 1.09. The van der Waals surface area contributed by atoms with Gasteiger partial charge in [-0.1, -0.05) is 13.5 Å². The zero-order valence-corrected chi connectivity index (χ0v) is 6.07. The van der Waals surface area contributed by atoms with Gasteiger partial charge in [0.15, 0.2) is 0 Å². The fraction of sp³-hybridized carbons (Fsp3) is 0.667. The summed E-state index contributed by atoms with van der Waals surface area (Å²) in [6.45, 7) is 7.63. The van der Waals surface area contributed by atoms with E-state index in [1.54, 1.807) is 0 Å². The first kappa shape index (κ1) is 8.30. The summed E-state index contributed by atoms with van der Waals surface area (Å²) in [6, 6.07) is 0.435. The van der Waals surface area contributed by atoms with Gasteiger partial charge in [-0.25, -0.2) is 5.43 Å².